The van der Waals surface area contributed by atoms with Gasteiger partial charge >= 0.3 is 5.69 Å². The lowest BCUT2D eigenvalue weighted by Gasteiger charge is -2.08. The van der Waals surface area contributed by atoms with Crippen molar-refractivity contribution in [2.24, 2.45) is 19.2 Å². The molecule has 0 unspecified atom stereocenters. The Morgan fingerprint density at radius 2 is 1.93 bits per heavy atom. The molecule has 10 heteroatoms. The second-order valence-corrected chi connectivity index (χ2v) is 6.76. The number of aromatic nitrogens is 4. The number of rotatable bonds is 4. The number of phenolic OH excluding ortho intramolecular Hbond substituents is 1. The predicted molar refractivity (Wildman–Crippen MR) is 112 cm³/mol. The zero-order valence-corrected chi connectivity index (χ0v) is 16.2. The van der Waals surface area contributed by atoms with Gasteiger partial charge in [0.15, 0.2) is 5.52 Å². The molecule has 0 aliphatic rings. The molecule has 0 saturated carbocycles. The average molecular weight is 406 g/mol. The Hall–Kier alpha value is -4.21. The number of aromatic hydroxyl groups is 1. The Balaban J connectivity index is 1.58. The number of phenols is 1. The number of amides is 1. The van der Waals surface area contributed by atoms with E-state index in [1.807, 2.05) is 24.3 Å². The minimum Gasteiger partial charge on any atom is -0.507 e. The third-order valence-electron chi connectivity index (χ3n) is 4.85. The number of hydrazone groups is 1. The number of carbonyl (C=O) groups excluding carboxylic acids is 1. The zero-order valence-electron chi connectivity index (χ0n) is 16.2. The maximum absolute atomic E-state index is 12.3. The molecule has 0 spiro atoms. The minimum atomic E-state index is -0.531. The summed E-state index contributed by atoms with van der Waals surface area (Å²) < 4.78 is 3.62. The number of carbonyl (C=O) groups is 1. The van der Waals surface area contributed by atoms with Gasteiger partial charge in [0, 0.05) is 19.7 Å². The highest BCUT2D eigenvalue weighted by atomic mass is 16.3. The van der Waals surface area contributed by atoms with E-state index < -0.39 is 17.2 Å². The first-order chi connectivity index (χ1) is 14.4. The fraction of sp³-hybridized carbons (Fsp3) is 0.150. The van der Waals surface area contributed by atoms with Crippen molar-refractivity contribution in [2.45, 2.75) is 6.54 Å². The van der Waals surface area contributed by atoms with E-state index in [0.717, 1.165) is 15.3 Å². The summed E-state index contributed by atoms with van der Waals surface area (Å²) in [6.07, 6.45) is 2.69. The highest BCUT2D eigenvalue weighted by Gasteiger charge is 2.15. The van der Waals surface area contributed by atoms with Gasteiger partial charge in [-0.2, -0.15) is 5.10 Å². The van der Waals surface area contributed by atoms with Crippen molar-refractivity contribution in [3.63, 3.8) is 0 Å². The number of benzene rings is 2. The Morgan fingerprint density at radius 3 is 2.73 bits per heavy atom. The van der Waals surface area contributed by atoms with Crippen LogP contribution in [0.4, 0.5) is 0 Å². The molecule has 0 atom stereocenters. The van der Waals surface area contributed by atoms with Crippen LogP contribution >= 0.6 is 0 Å². The van der Waals surface area contributed by atoms with Crippen LogP contribution in [0.1, 0.15) is 5.56 Å². The molecule has 2 heterocycles. The van der Waals surface area contributed by atoms with E-state index in [-0.39, 0.29) is 23.5 Å². The molecule has 0 fully saturated rings. The molecule has 0 saturated heterocycles. The van der Waals surface area contributed by atoms with Crippen molar-refractivity contribution >= 4 is 34.1 Å². The van der Waals surface area contributed by atoms with Crippen molar-refractivity contribution in [3.05, 3.63) is 69.1 Å². The second kappa shape index (κ2) is 7.32. The van der Waals surface area contributed by atoms with E-state index >= 15 is 0 Å². The van der Waals surface area contributed by atoms with E-state index in [0.29, 0.717) is 5.56 Å². The largest absolute Gasteiger partial charge is 0.507 e. The second-order valence-electron chi connectivity index (χ2n) is 6.76. The van der Waals surface area contributed by atoms with Crippen LogP contribution < -0.4 is 16.7 Å². The van der Waals surface area contributed by atoms with Gasteiger partial charge < -0.3 is 9.67 Å². The fourth-order valence-electron chi connectivity index (χ4n) is 3.33. The number of aryl methyl sites for hydroxylation is 1. The van der Waals surface area contributed by atoms with Crippen molar-refractivity contribution in [3.8, 4) is 5.75 Å². The molecule has 10 nitrogen and oxygen atoms in total. The van der Waals surface area contributed by atoms with Gasteiger partial charge in [-0.05, 0) is 16.8 Å². The van der Waals surface area contributed by atoms with Crippen LogP contribution in [-0.4, -0.2) is 35.9 Å². The van der Waals surface area contributed by atoms with Crippen LogP contribution in [0, 0.1) is 0 Å². The van der Waals surface area contributed by atoms with Gasteiger partial charge in [-0.1, -0.05) is 30.3 Å². The maximum Gasteiger partial charge on any atom is 0.332 e. The molecule has 2 aromatic heterocycles. The normalized spacial score (nSPS) is 11.5. The molecule has 152 valence electrons. The summed E-state index contributed by atoms with van der Waals surface area (Å²) in [6.45, 7) is -0.199. The Labute approximate surface area is 169 Å². The summed E-state index contributed by atoms with van der Waals surface area (Å²) in [4.78, 5) is 40.7. The predicted octanol–water partition coefficient (Wildman–Crippen LogP) is 0.443. The van der Waals surface area contributed by atoms with E-state index in [1.54, 1.807) is 12.1 Å². The molecule has 4 rings (SSSR count). The number of hydrogen-bond donors (Lipinski definition) is 2. The van der Waals surface area contributed by atoms with Gasteiger partial charge in [-0.3, -0.25) is 18.7 Å². The lowest BCUT2D eigenvalue weighted by molar-refractivity contribution is -0.121. The molecule has 0 aliphatic carbocycles. The molecule has 0 aliphatic heterocycles. The van der Waals surface area contributed by atoms with Gasteiger partial charge in [-0.15, -0.1) is 0 Å². The standard InChI is InChI=1S/C20H18N6O4/c1-24-18-17(19(29)25(2)20(24)30)21-11-26(18)10-16(28)23-22-9-14-13-6-4-3-5-12(13)7-8-15(14)27/h3-9,11,27H,10H2,1-2H3,(H,23,28)/b22-9+. The monoisotopic (exact) mass is 406 g/mol. The number of nitrogens with zero attached hydrogens (tertiary/aromatic N) is 5. The third-order valence-corrected chi connectivity index (χ3v) is 4.85. The molecule has 4 aromatic rings. The summed E-state index contributed by atoms with van der Waals surface area (Å²) in [5, 5.41) is 15.8. The molecule has 1 amide bonds. The van der Waals surface area contributed by atoms with Gasteiger partial charge in [0.25, 0.3) is 11.5 Å². The van der Waals surface area contributed by atoms with Crippen molar-refractivity contribution in [2.75, 3.05) is 0 Å². The minimum absolute atomic E-state index is 0.0400. The number of hydrogen-bond acceptors (Lipinski definition) is 6. The Kier molecular flexibility index (Phi) is 4.66. The summed E-state index contributed by atoms with van der Waals surface area (Å²) >= 11 is 0. The van der Waals surface area contributed by atoms with Crippen LogP contribution in [-0.2, 0) is 25.4 Å². The summed E-state index contributed by atoms with van der Waals surface area (Å²) in [5.74, 6) is -0.448. The third kappa shape index (κ3) is 3.13. The first-order valence-corrected chi connectivity index (χ1v) is 9.02. The number of fused-ring (bicyclic) bond motifs is 2. The molecule has 0 bridgehead atoms. The summed E-state index contributed by atoms with van der Waals surface area (Å²) in [5.41, 5.74) is 2.16. The molecular formula is C20H18N6O4. The van der Waals surface area contributed by atoms with Crippen LogP contribution in [0.3, 0.4) is 0 Å². The lowest BCUT2D eigenvalue weighted by Crippen LogP contribution is -2.37. The first kappa shape index (κ1) is 19.1. The molecule has 2 aromatic carbocycles. The van der Waals surface area contributed by atoms with Crippen LogP contribution in [0.25, 0.3) is 21.9 Å². The zero-order chi connectivity index (χ0) is 21.4. The van der Waals surface area contributed by atoms with Crippen molar-refractivity contribution in [1.29, 1.82) is 0 Å². The average Bonchev–Trinajstić information content (AvgIpc) is 3.16. The number of imidazole rings is 1. The molecular weight excluding hydrogens is 388 g/mol. The van der Waals surface area contributed by atoms with Crippen LogP contribution in [0.15, 0.2) is 57.4 Å². The Bertz CT molecular complexity index is 1440. The van der Waals surface area contributed by atoms with Gasteiger partial charge in [-0.25, -0.2) is 15.2 Å². The molecule has 30 heavy (non-hydrogen) atoms. The van der Waals surface area contributed by atoms with E-state index in [4.69, 9.17) is 0 Å². The topological polar surface area (TPSA) is 124 Å². The molecule has 2 N–H and O–H groups in total. The maximum atomic E-state index is 12.3. The van der Waals surface area contributed by atoms with Gasteiger partial charge in [0.05, 0.1) is 12.5 Å². The summed E-state index contributed by atoms with van der Waals surface area (Å²) in [6, 6.07) is 10.8. The van der Waals surface area contributed by atoms with E-state index in [2.05, 4.69) is 15.5 Å². The van der Waals surface area contributed by atoms with Crippen molar-refractivity contribution in [1.82, 2.24) is 24.1 Å². The highest BCUT2D eigenvalue weighted by molar-refractivity contribution is 6.02. The fourth-order valence-corrected chi connectivity index (χ4v) is 3.33. The van der Waals surface area contributed by atoms with E-state index in [1.165, 1.54) is 35.8 Å². The highest BCUT2D eigenvalue weighted by Crippen LogP contribution is 2.25. The van der Waals surface area contributed by atoms with Gasteiger partial charge in [0.1, 0.15) is 17.9 Å². The summed E-state index contributed by atoms with van der Waals surface area (Å²) in [7, 11) is 2.87. The molecule has 0 radical (unpaired) electrons. The lowest BCUT2D eigenvalue weighted by atomic mass is 10.0. The SMILES string of the molecule is Cn1c(=O)c2ncn(CC(=O)N/N=C/c3c(O)ccc4ccccc34)c2n(C)c1=O. The van der Waals surface area contributed by atoms with Gasteiger partial charge in [0.2, 0.25) is 0 Å². The quantitative estimate of drug-likeness (QED) is 0.376. The van der Waals surface area contributed by atoms with Crippen molar-refractivity contribution < 1.29 is 9.90 Å². The number of nitrogens with one attached hydrogen (secondary N) is 1. The van der Waals surface area contributed by atoms with Crippen LogP contribution in [0.5, 0.6) is 5.75 Å². The van der Waals surface area contributed by atoms with E-state index in [9.17, 15) is 19.5 Å². The Morgan fingerprint density at radius 1 is 1.17 bits per heavy atom. The smallest absolute Gasteiger partial charge is 0.332 e. The van der Waals surface area contributed by atoms with Crippen LogP contribution in [0.2, 0.25) is 0 Å². The first-order valence-electron chi connectivity index (χ1n) is 9.02.